The first-order valence-electron chi connectivity index (χ1n) is 11.5. The standard InChI is InChI=1S/C26H29ClN2O2S/c1-16(26-13-17-10-18(14-26)12-19(11-17)15-26)28-25(32)29-24(30)9-7-22-6-8-23(31-22)20-2-4-21(27)5-3-20/h2-9,16-19H,10-15H2,1H3,(H2,28,29,30,32). The van der Waals surface area contributed by atoms with E-state index in [1.807, 2.05) is 36.4 Å². The Morgan fingerprint density at radius 2 is 1.72 bits per heavy atom. The fraction of sp³-hybridized carbons (Fsp3) is 0.462. The maximum absolute atomic E-state index is 12.4. The molecule has 6 heteroatoms. The van der Waals surface area contributed by atoms with Gasteiger partial charge in [-0.05, 0) is 123 Å². The molecule has 4 aliphatic rings. The first kappa shape index (κ1) is 21.7. The van der Waals surface area contributed by atoms with Crippen molar-refractivity contribution in [3.63, 3.8) is 0 Å². The van der Waals surface area contributed by atoms with Crippen LogP contribution >= 0.6 is 23.8 Å². The maximum Gasteiger partial charge on any atom is 0.250 e. The lowest BCUT2D eigenvalue weighted by atomic mass is 9.48. The molecule has 4 fully saturated rings. The van der Waals surface area contributed by atoms with E-state index < -0.39 is 0 Å². The minimum Gasteiger partial charge on any atom is -0.457 e. The van der Waals surface area contributed by atoms with Crippen molar-refractivity contribution in [2.45, 2.75) is 51.5 Å². The van der Waals surface area contributed by atoms with Gasteiger partial charge >= 0.3 is 0 Å². The normalized spacial score (nSPS) is 29.2. The fourth-order valence-electron chi connectivity index (χ4n) is 6.62. The zero-order valence-corrected chi connectivity index (χ0v) is 19.8. The highest BCUT2D eigenvalue weighted by Crippen LogP contribution is 2.61. The van der Waals surface area contributed by atoms with Gasteiger partial charge in [-0.15, -0.1) is 0 Å². The highest BCUT2D eigenvalue weighted by molar-refractivity contribution is 7.80. The summed E-state index contributed by atoms with van der Waals surface area (Å²) in [4.78, 5) is 12.4. The second-order valence-corrected chi connectivity index (χ2v) is 10.9. The number of carbonyl (C=O) groups is 1. The van der Waals surface area contributed by atoms with Crippen LogP contribution in [0.1, 0.15) is 51.2 Å². The van der Waals surface area contributed by atoms with Crippen LogP contribution in [0.3, 0.4) is 0 Å². The van der Waals surface area contributed by atoms with Gasteiger partial charge in [0, 0.05) is 22.7 Å². The number of furan rings is 1. The predicted molar refractivity (Wildman–Crippen MR) is 132 cm³/mol. The SMILES string of the molecule is CC(NC(=S)NC(=O)C=Cc1ccc(-c2ccc(Cl)cc2)o1)C12CC3CC(CC(C3)C1)C2. The molecule has 1 atom stereocenters. The van der Waals surface area contributed by atoms with Crippen molar-refractivity contribution in [3.8, 4) is 11.3 Å². The summed E-state index contributed by atoms with van der Waals surface area (Å²) >= 11 is 11.4. The van der Waals surface area contributed by atoms with Crippen molar-refractivity contribution in [3.05, 3.63) is 53.3 Å². The molecular weight excluding hydrogens is 440 g/mol. The number of rotatable bonds is 5. The van der Waals surface area contributed by atoms with Crippen LogP contribution < -0.4 is 10.6 Å². The van der Waals surface area contributed by atoms with Gasteiger partial charge in [0.25, 0.3) is 0 Å². The third-order valence-corrected chi connectivity index (χ3v) is 8.21. The number of halogens is 1. The van der Waals surface area contributed by atoms with Crippen molar-refractivity contribution in [1.29, 1.82) is 0 Å². The zero-order valence-electron chi connectivity index (χ0n) is 18.3. The fourth-order valence-corrected chi connectivity index (χ4v) is 7.02. The van der Waals surface area contributed by atoms with Crippen molar-refractivity contribution in [2.24, 2.45) is 23.2 Å². The maximum atomic E-state index is 12.4. The average molecular weight is 469 g/mol. The highest BCUT2D eigenvalue weighted by atomic mass is 35.5. The Kier molecular flexibility index (Phi) is 5.89. The third kappa shape index (κ3) is 4.51. The summed E-state index contributed by atoms with van der Waals surface area (Å²) < 4.78 is 5.81. The lowest BCUT2D eigenvalue weighted by molar-refractivity contribution is -0.115. The molecule has 4 nitrogen and oxygen atoms in total. The molecule has 4 saturated carbocycles. The topological polar surface area (TPSA) is 54.3 Å². The number of nitrogens with one attached hydrogen (secondary N) is 2. The second kappa shape index (κ2) is 8.68. The van der Waals surface area contributed by atoms with E-state index in [2.05, 4.69) is 17.6 Å². The Morgan fingerprint density at radius 3 is 2.34 bits per heavy atom. The van der Waals surface area contributed by atoms with Crippen LogP contribution in [0, 0.1) is 23.2 Å². The monoisotopic (exact) mass is 468 g/mol. The van der Waals surface area contributed by atoms with Gasteiger partial charge in [-0.3, -0.25) is 10.1 Å². The molecule has 0 spiro atoms. The Hall–Kier alpha value is -2.11. The van der Waals surface area contributed by atoms with E-state index in [9.17, 15) is 4.79 Å². The average Bonchev–Trinajstić information content (AvgIpc) is 3.21. The molecular formula is C26H29ClN2O2S. The van der Waals surface area contributed by atoms with Gasteiger partial charge in [0.2, 0.25) is 5.91 Å². The number of carbonyl (C=O) groups excluding carboxylic acids is 1. The first-order chi connectivity index (χ1) is 15.4. The Morgan fingerprint density at radius 1 is 1.09 bits per heavy atom. The van der Waals surface area contributed by atoms with Gasteiger partial charge in [0.1, 0.15) is 11.5 Å². The summed E-state index contributed by atoms with van der Waals surface area (Å²) in [5.41, 5.74) is 1.27. The molecule has 1 aromatic heterocycles. The number of benzene rings is 1. The van der Waals surface area contributed by atoms with Crippen LogP contribution in [0.25, 0.3) is 17.4 Å². The van der Waals surface area contributed by atoms with E-state index >= 15 is 0 Å². The van der Waals surface area contributed by atoms with Crippen LogP contribution in [0.15, 0.2) is 46.9 Å². The quantitative estimate of drug-likeness (QED) is 0.404. The Balaban J connectivity index is 1.15. The summed E-state index contributed by atoms with van der Waals surface area (Å²) in [7, 11) is 0. The molecule has 32 heavy (non-hydrogen) atoms. The van der Waals surface area contributed by atoms with Crippen LogP contribution in [0.2, 0.25) is 5.02 Å². The summed E-state index contributed by atoms with van der Waals surface area (Å²) in [5, 5.41) is 7.31. The van der Waals surface area contributed by atoms with Gasteiger partial charge < -0.3 is 9.73 Å². The molecule has 4 aliphatic carbocycles. The van der Waals surface area contributed by atoms with Crippen molar-refractivity contribution in [2.75, 3.05) is 0 Å². The molecule has 1 heterocycles. The molecule has 168 valence electrons. The minimum absolute atomic E-state index is 0.260. The molecule has 2 N–H and O–H groups in total. The largest absolute Gasteiger partial charge is 0.457 e. The number of hydrogen-bond acceptors (Lipinski definition) is 3. The van der Waals surface area contributed by atoms with Gasteiger partial charge in [-0.25, -0.2) is 0 Å². The second-order valence-electron chi connectivity index (χ2n) is 10.0. The molecule has 1 unspecified atom stereocenters. The minimum atomic E-state index is -0.260. The predicted octanol–water partition coefficient (Wildman–Crippen LogP) is 6.21. The first-order valence-corrected chi connectivity index (χ1v) is 12.3. The smallest absolute Gasteiger partial charge is 0.250 e. The molecule has 0 radical (unpaired) electrons. The summed E-state index contributed by atoms with van der Waals surface area (Å²) in [6.07, 6.45) is 11.3. The summed E-state index contributed by atoms with van der Waals surface area (Å²) in [6, 6.07) is 11.4. The van der Waals surface area contributed by atoms with Gasteiger partial charge in [0.05, 0.1) is 0 Å². The number of thiocarbonyl (C=S) groups is 1. The van der Waals surface area contributed by atoms with E-state index in [-0.39, 0.29) is 11.9 Å². The van der Waals surface area contributed by atoms with E-state index in [0.717, 1.165) is 29.1 Å². The number of amides is 1. The van der Waals surface area contributed by atoms with E-state index in [4.69, 9.17) is 28.2 Å². The van der Waals surface area contributed by atoms with Crippen molar-refractivity contribution in [1.82, 2.24) is 10.6 Å². The molecule has 4 bridgehead atoms. The summed E-state index contributed by atoms with van der Waals surface area (Å²) in [6.45, 7) is 2.24. The van der Waals surface area contributed by atoms with E-state index in [0.29, 0.717) is 21.3 Å². The highest BCUT2D eigenvalue weighted by Gasteiger charge is 2.53. The molecule has 1 amide bonds. The van der Waals surface area contributed by atoms with E-state index in [1.165, 1.54) is 44.6 Å². The lowest BCUT2D eigenvalue weighted by Gasteiger charge is -2.59. The molecule has 6 rings (SSSR count). The van der Waals surface area contributed by atoms with Crippen molar-refractivity contribution < 1.29 is 9.21 Å². The van der Waals surface area contributed by atoms with Gasteiger partial charge in [-0.1, -0.05) is 11.6 Å². The van der Waals surface area contributed by atoms with Gasteiger partial charge in [-0.2, -0.15) is 0 Å². The summed E-state index contributed by atoms with van der Waals surface area (Å²) in [5.74, 6) is 3.74. The van der Waals surface area contributed by atoms with Crippen LogP contribution in [-0.2, 0) is 4.79 Å². The molecule has 0 saturated heterocycles. The number of hydrogen-bond donors (Lipinski definition) is 2. The molecule has 0 aliphatic heterocycles. The zero-order chi connectivity index (χ0) is 22.3. The lowest BCUT2D eigenvalue weighted by Crippen LogP contribution is -2.57. The van der Waals surface area contributed by atoms with Crippen LogP contribution in [-0.4, -0.2) is 17.1 Å². The van der Waals surface area contributed by atoms with Crippen LogP contribution in [0.5, 0.6) is 0 Å². The van der Waals surface area contributed by atoms with Crippen molar-refractivity contribution >= 4 is 40.9 Å². The van der Waals surface area contributed by atoms with Gasteiger partial charge in [0.15, 0.2) is 5.11 Å². The third-order valence-electron chi connectivity index (χ3n) is 7.74. The van der Waals surface area contributed by atoms with E-state index in [1.54, 1.807) is 6.08 Å². The Labute approximate surface area is 199 Å². The molecule has 1 aromatic carbocycles. The molecule has 2 aromatic rings. The Bertz CT molecular complexity index is 1010. The van der Waals surface area contributed by atoms with Crippen LogP contribution in [0.4, 0.5) is 0 Å².